The molecule has 7 heteroatoms. The summed E-state index contributed by atoms with van der Waals surface area (Å²) in [6.45, 7) is 3.65. The van der Waals surface area contributed by atoms with Gasteiger partial charge in [0.05, 0.1) is 15.7 Å². The van der Waals surface area contributed by atoms with Crippen molar-refractivity contribution in [1.29, 1.82) is 0 Å². The van der Waals surface area contributed by atoms with Crippen LogP contribution in [0.3, 0.4) is 0 Å². The van der Waals surface area contributed by atoms with Gasteiger partial charge >= 0.3 is 5.97 Å². The molecule has 0 aliphatic heterocycles. The summed E-state index contributed by atoms with van der Waals surface area (Å²) in [5, 5.41) is 13.2. The van der Waals surface area contributed by atoms with Crippen LogP contribution >= 0.6 is 22.6 Å². The number of carbonyl (C=O) groups is 1. The second-order valence-electron chi connectivity index (χ2n) is 3.83. The Balaban J connectivity index is 2.54. The fraction of sp³-hybridized carbons (Fsp3) is 0.273. The van der Waals surface area contributed by atoms with Gasteiger partial charge in [-0.2, -0.15) is 5.10 Å². The molecule has 94 valence electrons. The Hall–Kier alpha value is -1.51. The van der Waals surface area contributed by atoms with Gasteiger partial charge in [-0.05, 0) is 36.4 Å². The molecule has 0 spiro atoms. The van der Waals surface area contributed by atoms with E-state index in [9.17, 15) is 4.79 Å². The molecule has 0 radical (unpaired) electrons. The molecule has 0 aliphatic rings. The summed E-state index contributed by atoms with van der Waals surface area (Å²) in [5.41, 5.74) is 2.24. The predicted molar refractivity (Wildman–Crippen MR) is 72.7 cm³/mol. The molecule has 0 amide bonds. The number of halogens is 1. The standard InChI is InChI=1S/C11H11IN4O2/c1-6-8(3-10(17)18)7(2)16(15-6)11-9(12)4-13-5-14-11/h4-5H,3H2,1-2H3,(H,17,18). The molecule has 2 aromatic heterocycles. The molecule has 0 fully saturated rings. The smallest absolute Gasteiger partial charge is 0.307 e. The normalized spacial score (nSPS) is 10.6. The molecule has 0 unspecified atom stereocenters. The van der Waals surface area contributed by atoms with Crippen LogP contribution in [0.25, 0.3) is 5.82 Å². The number of hydrogen-bond donors (Lipinski definition) is 1. The van der Waals surface area contributed by atoms with E-state index in [2.05, 4.69) is 37.7 Å². The fourth-order valence-corrected chi connectivity index (χ4v) is 2.28. The summed E-state index contributed by atoms with van der Waals surface area (Å²) in [5.74, 6) is -0.194. The highest BCUT2D eigenvalue weighted by atomic mass is 127. The van der Waals surface area contributed by atoms with Gasteiger partial charge in [-0.3, -0.25) is 4.79 Å². The minimum Gasteiger partial charge on any atom is -0.481 e. The number of carboxylic acids is 1. The van der Waals surface area contributed by atoms with Gasteiger partial charge in [0.2, 0.25) is 0 Å². The van der Waals surface area contributed by atoms with Crippen LogP contribution in [-0.4, -0.2) is 30.8 Å². The molecule has 2 rings (SSSR count). The highest BCUT2D eigenvalue weighted by Crippen LogP contribution is 2.19. The van der Waals surface area contributed by atoms with Gasteiger partial charge in [-0.15, -0.1) is 0 Å². The molecule has 0 saturated carbocycles. The maximum atomic E-state index is 10.8. The zero-order valence-corrected chi connectivity index (χ0v) is 12.0. The van der Waals surface area contributed by atoms with Crippen molar-refractivity contribution < 1.29 is 9.90 Å². The third-order valence-corrected chi connectivity index (χ3v) is 3.38. The SMILES string of the molecule is Cc1nn(-c2ncncc2I)c(C)c1CC(=O)O. The Bertz CT molecular complexity index is 609. The van der Waals surface area contributed by atoms with E-state index in [1.165, 1.54) is 6.33 Å². The van der Waals surface area contributed by atoms with Crippen molar-refractivity contribution in [3.63, 3.8) is 0 Å². The molecular weight excluding hydrogens is 347 g/mol. The summed E-state index contributed by atoms with van der Waals surface area (Å²) in [6, 6.07) is 0. The molecule has 1 N–H and O–H groups in total. The van der Waals surface area contributed by atoms with Crippen LogP contribution < -0.4 is 0 Å². The molecule has 18 heavy (non-hydrogen) atoms. The lowest BCUT2D eigenvalue weighted by Gasteiger charge is -2.05. The molecule has 0 saturated heterocycles. The highest BCUT2D eigenvalue weighted by molar-refractivity contribution is 14.1. The highest BCUT2D eigenvalue weighted by Gasteiger charge is 2.17. The zero-order valence-electron chi connectivity index (χ0n) is 9.88. The summed E-state index contributed by atoms with van der Waals surface area (Å²) in [6.07, 6.45) is 3.11. The molecule has 0 bridgehead atoms. The van der Waals surface area contributed by atoms with Crippen LogP contribution in [0.15, 0.2) is 12.5 Å². The van der Waals surface area contributed by atoms with Crippen LogP contribution in [0.1, 0.15) is 17.0 Å². The molecule has 0 aromatic carbocycles. The lowest BCUT2D eigenvalue weighted by molar-refractivity contribution is -0.136. The van der Waals surface area contributed by atoms with E-state index in [-0.39, 0.29) is 6.42 Å². The number of aromatic nitrogens is 4. The van der Waals surface area contributed by atoms with Gasteiger partial charge in [0.1, 0.15) is 6.33 Å². The minimum atomic E-state index is -0.863. The van der Waals surface area contributed by atoms with Crippen molar-refractivity contribution in [1.82, 2.24) is 19.7 Å². The van der Waals surface area contributed by atoms with Gasteiger partial charge < -0.3 is 5.11 Å². The van der Waals surface area contributed by atoms with Gasteiger partial charge in [0.25, 0.3) is 0 Å². The molecule has 6 nitrogen and oxygen atoms in total. The molecule has 2 aromatic rings. The van der Waals surface area contributed by atoms with Gasteiger partial charge in [-0.25, -0.2) is 14.6 Å². The third-order valence-electron chi connectivity index (χ3n) is 2.62. The van der Waals surface area contributed by atoms with Crippen molar-refractivity contribution in [2.45, 2.75) is 20.3 Å². The lowest BCUT2D eigenvalue weighted by Crippen LogP contribution is -2.06. The van der Waals surface area contributed by atoms with Gasteiger partial charge in [-0.1, -0.05) is 0 Å². The van der Waals surface area contributed by atoms with E-state index in [4.69, 9.17) is 5.11 Å². The van der Waals surface area contributed by atoms with Crippen molar-refractivity contribution >= 4 is 28.6 Å². The number of carboxylic acid groups (broad SMARTS) is 1. The fourth-order valence-electron chi connectivity index (χ4n) is 1.75. The molecule has 0 aliphatic carbocycles. The average Bonchev–Trinajstić information content (AvgIpc) is 2.57. The Morgan fingerprint density at radius 2 is 2.22 bits per heavy atom. The summed E-state index contributed by atoms with van der Waals surface area (Å²) in [4.78, 5) is 18.9. The first kappa shape index (κ1) is 12.9. The topological polar surface area (TPSA) is 80.9 Å². The predicted octanol–water partition coefficient (Wildman–Crippen LogP) is 1.51. The Kier molecular flexibility index (Phi) is 3.60. The first-order valence-electron chi connectivity index (χ1n) is 5.23. The van der Waals surface area contributed by atoms with E-state index < -0.39 is 5.97 Å². The van der Waals surface area contributed by atoms with E-state index in [1.807, 2.05) is 6.92 Å². The minimum absolute atomic E-state index is 0.0284. The van der Waals surface area contributed by atoms with Gasteiger partial charge in [0.15, 0.2) is 5.82 Å². The van der Waals surface area contributed by atoms with Crippen molar-refractivity contribution in [3.8, 4) is 5.82 Å². The van der Waals surface area contributed by atoms with E-state index in [0.717, 1.165) is 14.8 Å². The maximum absolute atomic E-state index is 10.8. The molecule has 0 atom stereocenters. The van der Waals surface area contributed by atoms with Gasteiger partial charge in [0, 0.05) is 17.5 Å². The van der Waals surface area contributed by atoms with Crippen molar-refractivity contribution in [3.05, 3.63) is 33.0 Å². The van der Waals surface area contributed by atoms with Crippen molar-refractivity contribution in [2.75, 3.05) is 0 Å². The summed E-state index contributed by atoms with van der Waals surface area (Å²) >= 11 is 2.12. The Morgan fingerprint density at radius 1 is 1.50 bits per heavy atom. The zero-order chi connectivity index (χ0) is 13.3. The largest absolute Gasteiger partial charge is 0.481 e. The molecule has 2 heterocycles. The third kappa shape index (κ3) is 2.35. The van der Waals surface area contributed by atoms with Crippen LogP contribution in [0.5, 0.6) is 0 Å². The Labute approximate surface area is 117 Å². The second kappa shape index (κ2) is 5.01. The molecular formula is C11H11IN4O2. The quantitative estimate of drug-likeness (QED) is 0.842. The monoisotopic (exact) mass is 358 g/mol. The first-order chi connectivity index (χ1) is 8.50. The van der Waals surface area contributed by atoms with E-state index >= 15 is 0 Å². The van der Waals surface area contributed by atoms with E-state index in [0.29, 0.717) is 11.5 Å². The first-order valence-corrected chi connectivity index (χ1v) is 6.31. The van der Waals surface area contributed by atoms with Crippen molar-refractivity contribution in [2.24, 2.45) is 0 Å². The maximum Gasteiger partial charge on any atom is 0.307 e. The second-order valence-corrected chi connectivity index (χ2v) is 4.99. The van der Waals surface area contributed by atoms with E-state index in [1.54, 1.807) is 17.8 Å². The summed E-state index contributed by atoms with van der Waals surface area (Å²) < 4.78 is 2.53. The number of aliphatic carboxylic acids is 1. The Morgan fingerprint density at radius 3 is 2.83 bits per heavy atom. The number of rotatable bonds is 3. The summed E-state index contributed by atoms with van der Waals surface area (Å²) in [7, 11) is 0. The number of hydrogen-bond acceptors (Lipinski definition) is 4. The van der Waals surface area contributed by atoms with Crippen LogP contribution in [0, 0.1) is 17.4 Å². The lowest BCUT2D eigenvalue weighted by atomic mass is 10.1. The van der Waals surface area contributed by atoms with Crippen LogP contribution in [0.2, 0.25) is 0 Å². The number of nitrogens with zero attached hydrogens (tertiary/aromatic N) is 4. The number of aryl methyl sites for hydroxylation is 1. The average molecular weight is 358 g/mol. The van der Waals surface area contributed by atoms with Crippen LogP contribution in [0.4, 0.5) is 0 Å². The van der Waals surface area contributed by atoms with Crippen LogP contribution in [-0.2, 0) is 11.2 Å².